The molecular formula is C6H9BO4. The number of hydrogen-bond acceptors (Lipinski definition) is 4. The Balaban J connectivity index is 2.09. The van der Waals surface area contributed by atoms with Gasteiger partial charge in [-0.05, 0) is 5.47 Å². The maximum atomic E-state index is 8.77. The highest BCUT2D eigenvalue weighted by molar-refractivity contribution is 6.51. The van der Waals surface area contributed by atoms with Crippen LogP contribution in [-0.2, 0) is 9.47 Å². The van der Waals surface area contributed by atoms with Crippen LogP contribution in [0.25, 0.3) is 0 Å². The summed E-state index contributed by atoms with van der Waals surface area (Å²) in [6, 6.07) is 0. The molecule has 0 aromatic rings. The summed E-state index contributed by atoms with van der Waals surface area (Å²) in [5, 5.41) is 17.5. The number of hydrogen-bond donors (Lipinski definition) is 2. The van der Waals surface area contributed by atoms with E-state index in [1.54, 1.807) is 6.08 Å². The molecule has 0 amide bonds. The summed E-state index contributed by atoms with van der Waals surface area (Å²) in [5.74, 6) is 0. The predicted octanol–water partition coefficient (Wildman–Crippen LogP) is -1.28. The van der Waals surface area contributed by atoms with Gasteiger partial charge < -0.3 is 19.5 Å². The molecule has 0 radical (unpaired) electrons. The van der Waals surface area contributed by atoms with E-state index >= 15 is 0 Å². The fourth-order valence-electron chi connectivity index (χ4n) is 1.27. The molecule has 0 atom stereocenters. The summed E-state index contributed by atoms with van der Waals surface area (Å²) in [6.07, 6.45) is 1.75. The normalized spacial score (nSPS) is 26.5. The highest BCUT2D eigenvalue weighted by Crippen LogP contribution is 2.30. The van der Waals surface area contributed by atoms with Crippen molar-refractivity contribution in [2.45, 2.75) is 5.60 Å². The molecule has 0 unspecified atom stereocenters. The molecule has 0 aromatic heterocycles. The molecule has 60 valence electrons. The molecule has 2 aliphatic heterocycles. The second-order valence-electron chi connectivity index (χ2n) is 2.94. The molecular weight excluding hydrogens is 147 g/mol. The van der Waals surface area contributed by atoms with Crippen molar-refractivity contribution in [2.75, 3.05) is 19.8 Å². The maximum Gasteiger partial charge on any atom is 0.486 e. The van der Waals surface area contributed by atoms with Crippen LogP contribution in [0.3, 0.4) is 0 Å². The monoisotopic (exact) mass is 156 g/mol. The third-order valence-corrected chi connectivity index (χ3v) is 2.00. The van der Waals surface area contributed by atoms with Gasteiger partial charge in [-0.1, -0.05) is 6.08 Å². The molecule has 1 fully saturated rings. The SMILES string of the molecule is OB(O)C1=CC2(COC2)OC1. The Morgan fingerprint density at radius 3 is 2.45 bits per heavy atom. The zero-order chi connectivity index (χ0) is 7.90. The van der Waals surface area contributed by atoms with Gasteiger partial charge in [0.1, 0.15) is 5.60 Å². The summed E-state index contributed by atoms with van der Waals surface area (Å²) in [5.41, 5.74) is 0.201. The molecule has 1 spiro atoms. The van der Waals surface area contributed by atoms with Crippen molar-refractivity contribution < 1.29 is 19.5 Å². The largest absolute Gasteiger partial charge is 0.486 e. The van der Waals surface area contributed by atoms with Gasteiger partial charge in [0, 0.05) is 0 Å². The Hall–Kier alpha value is -0.355. The van der Waals surface area contributed by atoms with Crippen LogP contribution in [0.2, 0.25) is 0 Å². The van der Waals surface area contributed by atoms with Crippen molar-refractivity contribution >= 4 is 7.12 Å². The molecule has 0 bridgehead atoms. The lowest BCUT2D eigenvalue weighted by Crippen LogP contribution is -2.48. The van der Waals surface area contributed by atoms with Gasteiger partial charge in [-0.3, -0.25) is 0 Å². The summed E-state index contributed by atoms with van der Waals surface area (Å²) in [4.78, 5) is 0. The van der Waals surface area contributed by atoms with Crippen molar-refractivity contribution in [3.05, 3.63) is 11.5 Å². The van der Waals surface area contributed by atoms with E-state index in [-0.39, 0.29) is 5.60 Å². The van der Waals surface area contributed by atoms with Crippen LogP contribution in [0.5, 0.6) is 0 Å². The number of ether oxygens (including phenoxy) is 2. The molecule has 2 aliphatic rings. The Morgan fingerprint density at radius 1 is 1.45 bits per heavy atom. The first-order valence-electron chi connectivity index (χ1n) is 3.51. The molecule has 0 saturated carbocycles. The van der Waals surface area contributed by atoms with Gasteiger partial charge in [-0.15, -0.1) is 0 Å². The Labute approximate surface area is 64.6 Å². The lowest BCUT2D eigenvalue weighted by Gasteiger charge is -2.35. The third-order valence-electron chi connectivity index (χ3n) is 2.00. The van der Waals surface area contributed by atoms with Gasteiger partial charge in [0.15, 0.2) is 0 Å². The molecule has 0 aliphatic carbocycles. The van der Waals surface area contributed by atoms with Gasteiger partial charge in [-0.25, -0.2) is 0 Å². The smallest absolute Gasteiger partial charge is 0.423 e. The first-order chi connectivity index (χ1) is 5.22. The van der Waals surface area contributed by atoms with Crippen molar-refractivity contribution in [2.24, 2.45) is 0 Å². The fraction of sp³-hybridized carbons (Fsp3) is 0.667. The predicted molar refractivity (Wildman–Crippen MR) is 37.8 cm³/mol. The first-order valence-corrected chi connectivity index (χ1v) is 3.51. The third kappa shape index (κ3) is 1.10. The van der Waals surface area contributed by atoms with Crippen LogP contribution in [0.4, 0.5) is 0 Å². The van der Waals surface area contributed by atoms with Crippen molar-refractivity contribution in [3.8, 4) is 0 Å². The zero-order valence-electron chi connectivity index (χ0n) is 5.99. The standard InChI is InChI=1S/C6H9BO4/c8-7(9)5-1-6(11-2-5)3-10-4-6/h1,8-9H,2-4H2. The first kappa shape index (κ1) is 7.30. The van der Waals surface area contributed by atoms with Crippen LogP contribution < -0.4 is 0 Å². The van der Waals surface area contributed by atoms with Crippen molar-refractivity contribution in [1.29, 1.82) is 0 Å². The fourth-order valence-corrected chi connectivity index (χ4v) is 1.27. The maximum absolute atomic E-state index is 8.77. The summed E-state index contributed by atoms with van der Waals surface area (Å²) < 4.78 is 10.3. The molecule has 2 rings (SSSR count). The van der Waals surface area contributed by atoms with Crippen LogP contribution in [0.1, 0.15) is 0 Å². The van der Waals surface area contributed by atoms with E-state index in [0.29, 0.717) is 25.3 Å². The minimum absolute atomic E-state index is 0.307. The van der Waals surface area contributed by atoms with Gasteiger partial charge in [-0.2, -0.15) is 0 Å². The van der Waals surface area contributed by atoms with Crippen molar-refractivity contribution in [3.63, 3.8) is 0 Å². The second-order valence-corrected chi connectivity index (χ2v) is 2.94. The van der Waals surface area contributed by atoms with Gasteiger partial charge in [0.25, 0.3) is 0 Å². The Kier molecular flexibility index (Phi) is 1.54. The van der Waals surface area contributed by atoms with Gasteiger partial charge >= 0.3 is 7.12 Å². The quantitative estimate of drug-likeness (QED) is 0.464. The average molecular weight is 156 g/mol. The zero-order valence-corrected chi connectivity index (χ0v) is 5.99. The minimum Gasteiger partial charge on any atom is -0.423 e. The average Bonchev–Trinajstić information content (AvgIpc) is 2.28. The second kappa shape index (κ2) is 2.32. The molecule has 2 N–H and O–H groups in total. The summed E-state index contributed by atoms with van der Waals surface area (Å²) in [7, 11) is -1.38. The lowest BCUT2D eigenvalue weighted by atomic mass is 9.78. The van der Waals surface area contributed by atoms with E-state index in [1.807, 2.05) is 0 Å². The molecule has 2 heterocycles. The van der Waals surface area contributed by atoms with Gasteiger partial charge in [0.2, 0.25) is 0 Å². The molecule has 4 nitrogen and oxygen atoms in total. The summed E-state index contributed by atoms with van der Waals surface area (Å²) >= 11 is 0. The lowest BCUT2D eigenvalue weighted by molar-refractivity contribution is -0.165. The van der Waals surface area contributed by atoms with E-state index < -0.39 is 7.12 Å². The molecule has 5 heteroatoms. The van der Waals surface area contributed by atoms with Gasteiger partial charge in [0.05, 0.1) is 19.8 Å². The van der Waals surface area contributed by atoms with E-state index in [9.17, 15) is 0 Å². The van der Waals surface area contributed by atoms with E-state index in [2.05, 4.69) is 0 Å². The molecule has 1 saturated heterocycles. The van der Waals surface area contributed by atoms with E-state index in [1.165, 1.54) is 0 Å². The van der Waals surface area contributed by atoms with Crippen LogP contribution >= 0.6 is 0 Å². The van der Waals surface area contributed by atoms with Crippen LogP contribution in [0, 0.1) is 0 Å². The Morgan fingerprint density at radius 2 is 2.18 bits per heavy atom. The Bertz CT molecular complexity index is 197. The van der Waals surface area contributed by atoms with Crippen molar-refractivity contribution in [1.82, 2.24) is 0 Å². The highest BCUT2D eigenvalue weighted by atomic mass is 16.6. The van der Waals surface area contributed by atoms with Crippen LogP contribution in [-0.4, -0.2) is 42.6 Å². The number of rotatable bonds is 1. The van der Waals surface area contributed by atoms with E-state index in [4.69, 9.17) is 19.5 Å². The minimum atomic E-state index is -1.38. The highest BCUT2D eigenvalue weighted by Gasteiger charge is 2.43. The summed E-state index contributed by atoms with van der Waals surface area (Å²) in [6.45, 7) is 1.37. The molecule has 11 heavy (non-hydrogen) atoms. The van der Waals surface area contributed by atoms with Crippen LogP contribution in [0.15, 0.2) is 11.5 Å². The van der Waals surface area contributed by atoms with E-state index in [0.717, 1.165) is 0 Å². The topological polar surface area (TPSA) is 58.9 Å². The molecule has 0 aromatic carbocycles.